The Morgan fingerprint density at radius 3 is 2.70 bits per heavy atom. The summed E-state index contributed by atoms with van der Waals surface area (Å²) in [6.07, 6.45) is 5.60. The quantitative estimate of drug-likeness (QED) is 0.926. The van der Waals surface area contributed by atoms with E-state index in [1.165, 1.54) is 5.56 Å². The van der Waals surface area contributed by atoms with Gasteiger partial charge in [-0.05, 0) is 31.5 Å². The number of aromatic nitrogens is 2. The third-order valence-corrected chi connectivity index (χ3v) is 4.08. The monoisotopic (exact) mass is 270 g/mol. The maximum absolute atomic E-state index is 4.08. The first-order valence-electron chi connectivity index (χ1n) is 7.18. The second kappa shape index (κ2) is 5.38. The first-order valence-corrected chi connectivity index (χ1v) is 7.18. The van der Waals surface area contributed by atoms with Crippen LogP contribution in [0.3, 0.4) is 0 Å². The van der Waals surface area contributed by atoms with E-state index < -0.39 is 0 Å². The summed E-state index contributed by atoms with van der Waals surface area (Å²) >= 11 is 0. The molecule has 0 aliphatic carbocycles. The molecule has 0 radical (unpaired) electrons. The van der Waals surface area contributed by atoms with Gasteiger partial charge in [-0.25, -0.2) is 4.98 Å². The van der Waals surface area contributed by atoms with Gasteiger partial charge in [-0.3, -0.25) is 4.90 Å². The predicted octanol–water partition coefficient (Wildman–Crippen LogP) is 2.06. The lowest BCUT2D eigenvalue weighted by Crippen LogP contribution is -2.57. The third kappa shape index (κ3) is 2.76. The van der Waals surface area contributed by atoms with E-state index in [0.717, 1.165) is 31.9 Å². The average Bonchev–Trinajstić information content (AvgIpc) is 2.96. The van der Waals surface area contributed by atoms with E-state index in [9.17, 15) is 0 Å². The molecular formula is C16H22N4. The molecule has 1 N–H and O–H groups in total. The molecule has 1 aromatic heterocycles. The molecule has 1 aromatic carbocycles. The predicted molar refractivity (Wildman–Crippen MR) is 80.9 cm³/mol. The molecule has 3 rings (SSSR count). The second-order valence-electron chi connectivity index (χ2n) is 6.05. The number of rotatable bonds is 3. The highest BCUT2D eigenvalue weighted by atomic mass is 15.2. The SMILES string of the molecule is CC1(C)CNCCN1Cc1ccc(-n2ccnc2)cc1. The van der Waals surface area contributed by atoms with E-state index in [2.05, 4.69) is 53.3 Å². The minimum Gasteiger partial charge on any atom is -0.314 e. The highest BCUT2D eigenvalue weighted by Gasteiger charge is 2.29. The molecule has 1 aliphatic rings. The van der Waals surface area contributed by atoms with Crippen molar-refractivity contribution in [3.05, 3.63) is 48.5 Å². The molecular weight excluding hydrogens is 248 g/mol. The molecule has 0 amide bonds. The van der Waals surface area contributed by atoms with Crippen molar-refractivity contribution in [3.63, 3.8) is 0 Å². The summed E-state index contributed by atoms with van der Waals surface area (Å²) in [4.78, 5) is 6.63. The molecule has 2 aromatic rings. The lowest BCUT2D eigenvalue weighted by molar-refractivity contribution is 0.0827. The first kappa shape index (κ1) is 13.3. The standard InChI is InChI=1S/C16H22N4/c1-16(2)12-17-8-10-20(16)11-14-3-5-15(6-4-14)19-9-7-18-13-19/h3-7,9,13,17H,8,10-12H2,1-2H3. The zero-order chi connectivity index (χ0) is 14.0. The molecule has 0 bridgehead atoms. The number of nitrogens with one attached hydrogen (secondary N) is 1. The highest BCUT2D eigenvalue weighted by molar-refractivity contribution is 5.34. The Labute approximate surface area is 120 Å². The van der Waals surface area contributed by atoms with Crippen LogP contribution < -0.4 is 5.32 Å². The topological polar surface area (TPSA) is 33.1 Å². The molecule has 0 spiro atoms. The van der Waals surface area contributed by atoms with E-state index in [1.54, 1.807) is 6.20 Å². The summed E-state index contributed by atoms with van der Waals surface area (Å²) in [5.41, 5.74) is 2.75. The van der Waals surface area contributed by atoms with Crippen LogP contribution in [-0.4, -0.2) is 39.6 Å². The Kier molecular flexibility index (Phi) is 3.59. The molecule has 4 heteroatoms. The van der Waals surface area contributed by atoms with Crippen LogP contribution in [0.15, 0.2) is 43.0 Å². The largest absolute Gasteiger partial charge is 0.314 e. The molecule has 106 valence electrons. The molecule has 2 heterocycles. The van der Waals surface area contributed by atoms with Gasteiger partial charge in [0.1, 0.15) is 0 Å². The van der Waals surface area contributed by atoms with Crippen LogP contribution in [0.1, 0.15) is 19.4 Å². The van der Waals surface area contributed by atoms with Gasteiger partial charge in [-0.2, -0.15) is 0 Å². The summed E-state index contributed by atoms with van der Waals surface area (Å²) in [7, 11) is 0. The van der Waals surface area contributed by atoms with Crippen LogP contribution in [0.5, 0.6) is 0 Å². The summed E-state index contributed by atoms with van der Waals surface area (Å²) < 4.78 is 2.03. The maximum atomic E-state index is 4.08. The van der Waals surface area contributed by atoms with Gasteiger partial charge >= 0.3 is 0 Å². The van der Waals surface area contributed by atoms with E-state index in [4.69, 9.17) is 0 Å². The van der Waals surface area contributed by atoms with Crippen molar-refractivity contribution < 1.29 is 0 Å². The number of hydrogen-bond donors (Lipinski definition) is 1. The van der Waals surface area contributed by atoms with Gasteiger partial charge in [0.25, 0.3) is 0 Å². The Hall–Kier alpha value is -1.65. The molecule has 0 saturated carbocycles. The normalized spacial score (nSPS) is 19.1. The molecule has 0 unspecified atom stereocenters. The van der Waals surface area contributed by atoms with Crippen molar-refractivity contribution in [2.75, 3.05) is 19.6 Å². The zero-order valence-electron chi connectivity index (χ0n) is 12.2. The summed E-state index contributed by atoms with van der Waals surface area (Å²) in [6, 6.07) is 8.75. The Balaban J connectivity index is 1.72. The first-order chi connectivity index (χ1) is 9.65. The second-order valence-corrected chi connectivity index (χ2v) is 6.05. The summed E-state index contributed by atoms with van der Waals surface area (Å²) in [5.74, 6) is 0. The Morgan fingerprint density at radius 2 is 2.05 bits per heavy atom. The van der Waals surface area contributed by atoms with Crippen LogP contribution in [-0.2, 0) is 6.54 Å². The van der Waals surface area contributed by atoms with E-state index >= 15 is 0 Å². The van der Waals surface area contributed by atoms with E-state index in [0.29, 0.717) is 0 Å². The fourth-order valence-electron chi connectivity index (χ4n) is 2.72. The van der Waals surface area contributed by atoms with Crippen LogP contribution in [0.25, 0.3) is 5.69 Å². The fraction of sp³-hybridized carbons (Fsp3) is 0.438. The van der Waals surface area contributed by atoms with E-state index in [1.807, 2.05) is 17.1 Å². The lowest BCUT2D eigenvalue weighted by atomic mass is 9.99. The van der Waals surface area contributed by atoms with Gasteiger partial charge in [-0.1, -0.05) is 12.1 Å². The minimum absolute atomic E-state index is 0.223. The van der Waals surface area contributed by atoms with Crippen molar-refractivity contribution in [2.24, 2.45) is 0 Å². The Bertz CT molecular complexity index is 542. The van der Waals surface area contributed by atoms with Crippen molar-refractivity contribution >= 4 is 0 Å². The molecule has 1 aliphatic heterocycles. The smallest absolute Gasteiger partial charge is 0.0991 e. The third-order valence-electron chi connectivity index (χ3n) is 4.08. The average molecular weight is 270 g/mol. The molecule has 0 atom stereocenters. The number of nitrogens with zero attached hydrogens (tertiary/aromatic N) is 3. The number of benzene rings is 1. The van der Waals surface area contributed by atoms with Gasteiger partial charge < -0.3 is 9.88 Å². The van der Waals surface area contributed by atoms with Gasteiger partial charge in [0.2, 0.25) is 0 Å². The van der Waals surface area contributed by atoms with Gasteiger partial charge in [0.05, 0.1) is 6.33 Å². The molecule has 1 fully saturated rings. The number of imidazole rings is 1. The van der Waals surface area contributed by atoms with Crippen molar-refractivity contribution in [3.8, 4) is 5.69 Å². The van der Waals surface area contributed by atoms with Crippen molar-refractivity contribution in [2.45, 2.75) is 25.9 Å². The van der Waals surface area contributed by atoms with Gasteiger partial charge in [-0.15, -0.1) is 0 Å². The summed E-state index contributed by atoms with van der Waals surface area (Å²) in [6.45, 7) is 8.86. The molecule has 20 heavy (non-hydrogen) atoms. The van der Waals surface area contributed by atoms with Crippen LogP contribution in [0.4, 0.5) is 0 Å². The van der Waals surface area contributed by atoms with E-state index in [-0.39, 0.29) is 5.54 Å². The maximum Gasteiger partial charge on any atom is 0.0991 e. The Morgan fingerprint density at radius 1 is 1.25 bits per heavy atom. The van der Waals surface area contributed by atoms with Crippen LogP contribution >= 0.6 is 0 Å². The number of piperazine rings is 1. The highest BCUT2D eigenvalue weighted by Crippen LogP contribution is 2.20. The van der Waals surface area contributed by atoms with Gasteiger partial charge in [0.15, 0.2) is 0 Å². The number of hydrogen-bond acceptors (Lipinski definition) is 3. The molecule has 1 saturated heterocycles. The van der Waals surface area contributed by atoms with Crippen molar-refractivity contribution in [1.82, 2.24) is 19.8 Å². The van der Waals surface area contributed by atoms with Gasteiger partial charge in [0, 0.05) is 49.8 Å². The zero-order valence-corrected chi connectivity index (χ0v) is 12.2. The van der Waals surface area contributed by atoms with Crippen LogP contribution in [0.2, 0.25) is 0 Å². The lowest BCUT2D eigenvalue weighted by Gasteiger charge is -2.42. The fourth-order valence-corrected chi connectivity index (χ4v) is 2.72. The van der Waals surface area contributed by atoms with Crippen LogP contribution in [0, 0.1) is 0 Å². The minimum atomic E-state index is 0.223. The summed E-state index contributed by atoms with van der Waals surface area (Å²) in [5, 5.41) is 3.47. The van der Waals surface area contributed by atoms with Crippen molar-refractivity contribution in [1.29, 1.82) is 0 Å². The molecule has 4 nitrogen and oxygen atoms in total.